The number of halogens is 1. The Morgan fingerprint density at radius 2 is 1.93 bits per heavy atom. The zero-order valence-electron chi connectivity index (χ0n) is 9.36. The van der Waals surface area contributed by atoms with Gasteiger partial charge in [-0.05, 0) is 19.3 Å². The summed E-state index contributed by atoms with van der Waals surface area (Å²) in [6.45, 7) is 4.17. The Bertz CT molecular complexity index is 141. The third-order valence-electron chi connectivity index (χ3n) is 3.25. The van der Waals surface area contributed by atoms with Crippen LogP contribution in [0.4, 0.5) is 0 Å². The van der Waals surface area contributed by atoms with E-state index >= 15 is 0 Å². The highest BCUT2D eigenvalue weighted by Crippen LogP contribution is 2.39. The van der Waals surface area contributed by atoms with Gasteiger partial charge in [-0.15, -0.1) is 0 Å². The number of hydrogen-bond donors (Lipinski definition) is 0. The van der Waals surface area contributed by atoms with Crippen molar-refractivity contribution in [3.63, 3.8) is 0 Å². The van der Waals surface area contributed by atoms with Crippen molar-refractivity contribution in [2.24, 2.45) is 5.41 Å². The number of ether oxygens (including phenoxy) is 1. The topological polar surface area (TPSA) is 9.23 Å². The molecule has 0 aliphatic heterocycles. The van der Waals surface area contributed by atoms with Crippen molar-refractivity contribution < 1.29 is 4.74 Å². The van der Waals surface area contributed by atoms with E-state index in [4.69, 9.17) is 4.74 Å². The van der Waals surface area contributed by atoms with Gasteiger partial charge in [-0.3, -0.25) is 0 Å². The summed E-state index contributed by atoms with van der Waals surface area (Å²) >= 11 is 3.64. The van der Waals surface area contributed by atoms with Crippen molar-refractivity contribution in [3.8, 4) is 0 Å². The molecule has 1 aliphatic carbocycles. The molecule has 1 saturated carbocycles. The van der Waals surface area contributed by atoms with Gasteiger partial charge in [0.25, 0.3) is 0 Å². The molecular formula is C12H23BrO. The maximum atomic E-state index is 5.78. The van der Waals surface area contributed by atoms with Crippen LogP contribution in [0.1, 0.15) is 51.9 Å². The normalized spacial score (nSPS) is 20.1. The second kappa shape index (κ2) is 6.84. The molecular weight excluding hydrogens is 240 g/mol. The molecule has 1 rings (SSSR count). The zero-order chi connectivity index (χ0) is 10.3. The second-order valence-corrected chi connectivity index (χ2v) is 5.16. The summed E-state index contributed by atoms with van der Waals surface area (Å²) in [5.74, 6) is 0. The third kappa shape index (κ3) is 3.90. The first-order valence-corrected chi connectivity index (χ1v) is 7.09. The lowest BCUT2D eigenvalue weighted by Crippen LogP contribution is -2.25. The molecule has 2 heteroatoms. The minimum atomic E-state index is 0.478. The van der Waals surface area contributed by atoms with Gasteiger partial charge in [-0.1, -0.05) is 48.5 Å². The van der Waals surface area contributed by atoms with Gasteiger partial charge >= 0.3 is 0 Å². The van der Waals surface area contributed by atoms with E-state index in [0.717, 1.165) is 18.5 Å². The summed E-state index contributed by atoms with van der Waals surface area (Å²) in [4.78, 5) is 0. The molecule has 1 aliphatic rings. The first-order valence-electron chi connectivity index (χ1n) is 5.97. The van der Waals surface area contributed by atoms with Gasteiger partial charge < -0.3 is 4.74 Å². The van der Waals surface area contributed by atoms with Crippen molar-refractivity contribution in [2.75, 3.05) is 18.5 Å². The molecule has 0 amide bonds. The largest absolute Gasteiger partial charge is 0.381 e. The Balaban J connectivity index is 2.08. The Morgan fingerprint density at radius 3 is 2.50 bits per heavy atom. The van der Waals surface area contributed by atoms with Gasteiger partial charge in [-0.2, -0.15) is 0 Å². The van der Waals surface area contributed by atoms with Gasteiger partial charge in [0.15, 0.2) is 0 Å². The Hall–Kier alpha value is 0.440. The number of rotatable bonds is 7. The quantitative estimate of drug-likeness (QED) is 0.495. The van der Waals surface area contributed by atoms with Crippen LogP contribution in [-0.2, 0) is 4.74 Å². The fourth-order valence-electron chi connectivity index (χ4n) is 2.18. The second-order valence-electron chi connectivity index (χ2n) is 4.60. The predicted octanol–water partition coefficient (Wildman–Crippen LogP) is 4.15. The Labute approximate surface area is 96.7 Å². The lowest BCUT2D eigenvalue weighted by Gasteiger charge is -2.26. The fourth-order valence-corrected chi connectivity index (χ4v) is 2.91. The summed E-state index contributed by atoms with van der Waals surface area (Å²) < 4.78 is 5.78. The standard InChI is InChI=1S/C12H23BrO/c1-2-3-6-9-14-11-12(10-13)7-4-5-8-12/h2-11H2,1H3. The van der Waals surface area contributed by atoms with Gasteiger partial charge in [0, 0.05) is 17.4 Å². The lowest BCUT2D eigenvalue weighted by molar-refractivity contribution is 0.0573. The molecule has 1 nitrogen and oxygen atoms in total. The molecule has 0 N–H and O–H groups in total. The van der Waals surface area contributed by atoms with E-state index < -0.39 is 0 Å². The van der Waals surface area contributed by atoms with Crippen molar-refractivity contribution in [1.29, 1.82) is 0 Å². The summed E-state index contributed by atoms with van der Waals surface area (Å²) in [6.07, 6.45) is 9.31. The number of unbranched alkanes of at least 4 members (excludes halogenated alkanes) is 2. The first kappa shape index (κ1) is 12.5. The monoisotopic (exact) mass is 262 g/mol. The average Bonchev–Trinajstić information content (AvgIpc) is 2.67. The van der Waals surface area contributed by atoms with E-state index in [9.17, 15) is 0 Å². The first-order chi connectivity index (χ1) is 6.83. The molecule has 14 heavy (non-hydrogen) atoms. The van der Waals surface area contributed by atoms with Crippen LogP contribution in [0.5, 0.6) is 0 Å². The summed E-state index contributed by atoms with van der Waals surface area (Å²) in [5.41, 5.74) is 0.478. The van der Waals surface area contributed by atoms with E-state index in [-0.39, 0.29) is 0 Å². The summed E-state index contributed by atoms with van der Waals surface area (Å²) in [6, 6.07) is 0. The number of alkyl halides is 1. The molecule has 1 fully saturated rings. The van der Waals surface area contributed by atoms with Crippen molar-refractivity contribution in [1.82, 2.24) is 0 Å². The van der Waals surface area contributed by atoms with E-state index in [2.05, 4.69) is 22.9 Å². The van der Waals surface area contributed by atoms with Gasteiger partial charge in [0.1, 0.15) is 0 Å². The molecule has 0 aromatic carbocycles. The molecule has 0 bridgehead atoms. The minimum Gasteiger partial charge on any atom is -0.381 e. The zero-order valence-corrected chi connectivity index (χ0v) is 10.9. The highest BCUT2D eigenvalue weighted by molar-refractivity contribution is 9.09. The van der Waals surface area contributed by atoms with Crippen LogP contribution < -0.4 is 0 Å². The van der Waals surface area contributed by atoms with Crippen molar-refractivity contribution >= 4 is 15.9 Å². The SMILES string of the molecule is CCCCCOCC1(CBr)CCCC1. The molecule has 0 radical (unpaired) electrons. The van der Waals surface area contributed by atoms with Crippen LogP contribution in [0.3, 0.4) is 0 Å². The summed E-state index contributed by atoms with van der Waals surface area (Å²) in [5, 5.41) is 1.12. The van der Waals surface area contributed by atoms with Crippen LogP contribution in [-0.4, -0.2) is 18.5 Å². The maximum absolute atomic E-state index is 5.78. The molecule has 0 heterocycles. The van der Waals surface area contributed by atoms with E-state index in [0.29, 0.717) is 5.41 Å². The van der Waals surface area contributed by atoms with Gasteiger partial charge in [0.2, 0.25) is 0 Å². The van der Waals surface area contributed by atoms with Crippen LogP contribution >= 0.6 is 15.9 Å². The average molecular weight is 263 g/mol. The van der Waals surface area contributed by atoms with Crippen molar-refractivity contribution in [2.45, 2.75) is 51.9 Å². The third-order valence-corrected chi connectivity index (χ3v) is 4.44. The van der Waals surface area contributed by atoms with Gasteiger partial charge in [0.05, 0.1) is 6.61 Å². The van der Waals surface area contributed by atoms with Gasteiger partial charge in [-0.25, -0.2) is 0 Å². The molecule has 0 spiro atoms. The van der Waals surface area contributed by atoms with E-state index in [1.807, 2.05) is 0 Å². The lowest BCUT2D eigenvalue weighted by atomic mass is 9.90. The highest BCUT2D eigenvalue weighted by atomic mass is 79.9. The fraction of sp³-hybridized carbons (Fsp3) is 1.00. The molecule has 0 saturated heterocycles. The number of hydrogen-bond acceptors (Lipinski definition) is 1. The Kier molecular flexibility index (Phi) is 6.11. The molecule has 0 aromatic heterocycles. The summed E-state index contributed by atoms with van der Waals surface area (Å²) in [7, 11) is 0. The van der Waals surface area contributed by atoms with Crippen molar-refractivity contribution in [3.05, 3.63) is 0 Å². The molecule has 0 aromatic rings. The van der Waals surface area contributed by atoms with Crippen LogP contribution in [0.25, 0.3) is 0 Å². The molecule has 0 unspecified atom stereocenters. The maximum Gasteiger partial charge on any atom is 0.0530 e. The van der Waals surface area contributed by atoms with E-state index in [1.165, 1.54) is 44.9 Å². The molecule has 0 atom stereocenters. The predicted molar refractivity (Wildman–Crippen MR) is 65.0 cm³/mol. The molecule has 84 valence electrons. The Morgan fingerprint density at radius 1 is 1.21 bits per heavy atom. The van der Waals surface area contributed by atoms with Crippen LogP contribution in [0, 0.1) is 5.41 Å². The minimum absolute atomic E-state index is 0.478. The van der Waals surface area contributed by atoms with E-state index in [1.54, 1.807) is 0 Å². The van der Waals surface area contributed by atoms with Crippen LogP contribution in [0.15, 0.2) is 0 Å². The van der Waals surface area contributed by atoms with Crippen LogP contribution in [0.2, 0.25) is 0 Å². The smallest absolute Gasteiger partial charge is 0.0530 e. The highest BCUT2D eigenvalue weighted by Gasteiger charge is 2.32.